The Kier molecular flexibility index (Phi) is 6.77. The zero-order valence-electron chi connectivity index (χ0n) is 14.3. The number of hydrogen-bond acceptors (Lipinski definition) is 2. The van der Waals surface area contributed by atoms with Crippen LogP contribution in [0.3, 0.4) is 0 Å². The number of likely N-dealkylation sites (tertiary alicyclic amines) is 1. The summed E-state index contributed by atoms with van der Waals surface area (Å²) < 4.78 is 2.07. The summed E-state index contributed by atoms with van der Waals surface area (Å²) in [7, 11) is 3.88. The van der Waals surface area contributed by atoms with Gasteiger partial charge in [0.15, 0.2) is 5.96 Å². The molecule has 0 bridgehead atoms. The van der Waals surface area contributed by atoms with Crippen LogP contribution in [0.5, 0.6) is 0 Å². The summed E-state index contributed by atoms with van der Waals surface area (Å²) in [6.45, 7) is 7.80. The van der Waals surface area contributed by atoms with Crippen LogP contribution < -0.4 is 10.6 Å². The van der Waals surface area contributed by atoms with Crippen LogP contribution in [-0.2, 0) is 13.6 Å². The molecule has 0 amide bonds. The molecule has 1 saturated heterocycles. The lowest BCUT2D eigenvalue weighted by atomic mass is 9.93. The standard InChI is InChI=1S/C17H31N5/c1-4-22-11-7-15(8-12-22)5-9-19-17(18-2)20-13-16-6-10-21(3)14-16/h6,10,14-15H,4-5,7-9,11-13H2,1-3H3,(H2,18,19,20). The maximum atomic E-state index is 4.30. The van der Waals surface area contributed by atoms with E-state index < -0.39 is 0 Å². The number of hydrogen-bond donors (Lipinski definition) is 2. The lowest BCUT2D eigenvalue weighted by molar-refractivity contribution is 0.187. The van der Waals surface area contributed by atoms with Crippen LogP contribution in [-0.4, -0.2) is 48.7 Å². The Morgan fingerprint density at radius 2 is 2.09 bits per heavy atom. The number of nitrogens with one attached hydrogen (secondary N) is 2. The van der Waals surface area contributed by atoms with E-state index in [1.54, 1.807) is 0 Å². The average Bonchev–Trinajstić information content (AvgIpc) is 2.96. The molecule has 0 saturated carbocycles. The Bertz CT molecular complexity index is 457. The zero-order valence-corrected chi connectivity index (χ0v) is 14.3. The smallest absolute Gasteiger partial charge is 0.191 e. The van der Waals surface area contributed by atoms with Crippen molar-refractivity contribution in [1.82, 2.24) is 20.1 Å². The van der Waals surface area contributed by atoms with Crippen molar-refractivity contribution >= 4 is 5.96 Å². The molecule has 1 aromatic rings. The van der Waals surface area contributed by atoms with Gasteiger partial charge in [0.2, 0.25) is 0 Å². The van der Waals surface area contributed by atoms with Crippen molar-refractivity contribution in [2.24, 2.45) is 18.0 Å². The molecule has 2 N–H and O–H groups in total. The number of guanidine groups is 1. The molecule has 124 valence electrons. The normalized spacial score (nSPS) is 17.7. The second-order valence-electron chi connectivity index (χ2n) is 6.20. The molecule has 5 nitrogen and oxygen atoms in total. The zero-order chi connectivity index (χ0) is 15.8. The summed E-state index contributed by atoms with van der Waals surface area (Å²) in [6, 6.07) is 2.13. The van der Waals surface area contributed by atoms with Crippen molar-refractivity contribution < 1.29 is 0 Å². The van der Waals surface area contributed by atoms with Gasteiger partial charge in [0, 0.05) is 39.6 Å². The highest BCUT2D eigenvalue weighted by molar-refractivity contribution is 5.79. The van der Waals surface area contributed by atoms with Crippen LogP contribution >= 0.6 is 0 Å². The van der Waals surface area contributed by atoms with Crippen LogP contribution in [0, 0.1) is 5.92 Å². The molecule has 0 unspecified atom stereocenters. The van der Waals surface area contributed by atoms with E-state index in [0.29, 0.717) is 0 Å². The average molecular weight is 305 g/mol. The van der Waals surface area contributed by atoms with E-state index in [-0.39, 0.29) is 0 Å². The number of aromatic nitrogens is 1. The van der Waals surface area contributed by atoms with E-state index in [1.165, 1.54) is 44.5 Å². The minimum Gasteiger partial charge on any atom is -0.357 e. The van der Waals surface area contributed by atoms with Crippen molar-refractivity contribution in [3.8, 4) is 0 Å². The second kappa shape index (κ2) is 8.83. The molecular formula is C17H31N5. The fourth-order valence-corrected chi connectivity index (χ4v) is 3.06. The van der Waals surface area contributed by atoms with Crippen LogP contribution in [0.4, 0.5) is 0 Å². The summed E-state index contributed by atoms with van der Waals surface area (Å²) in [4.78, 5) is 6.84. The van der Waals surface area contributed by atoms with Gasteiger partial charge in [0.25, 0.3) is 0 Å². The number of rotatable bonds is 6. The summed E-state index contributed by atoms with van der Waals surface area (Å²) in [5.74, 6) is 1.76. The van der Waals surface area contributed by atoms with Gasteiger partial charge in [-0.15, -0.1) is 0 Å². The van der Waals surface area contributed by atoms with Gasteiger partial charge in [-0.3, -0.25) is 4.99 Å². The Morgan fingerprint density at radius 1 is 1.32 bits per heavy atom. The van der Waals surface area contributed by atoms with Gasteiger partial charge >= 0.3 is 0 Å². The molecule has 2 heterocycles. The molecule has 22 heavy (non-hydrogen) atoms. The van der Waals surface area contributed by atoms with E-state index in [2.05, 4.69) is 50.5 Å². The fraction of sp³-hybridized carbons (Fsp3) is 0.706. The maximum absolute atomic E-state index is 4.30. The molecule has 0 radical (unpaired) electrons. The van der Waals surface area contributed by atoms with E-state index >= 15 is 0 Å². The topological polar surface area (TPSA) is 44.6 Å². The minimum absolute atomic E-state index is 0.815. The third kappa shape index (κ3) is 5.37. The van der Waals surface area contributed by atoms with Crippen molar-refractivity contribution in [1.29, 1.82) is 0 Å². The minimum atomic E-state index is 0.815. The first kappa shape index (κ1) is 16.9. The lowest BCUT2D eigenvalue weighted by Gasteiger charge is -2.31. The van der Waals surface area contributed by atoms with Crippen molar-refractivity contribution in [2.75, 3.05) is 33.2 Å². The number of aliphatic imine (C=N–C) groups is 1. The largest absolute Gasteiger partial charge is 0.357 e. The van der Waals surface area contributed by atoms with E-state index in [0.717, 1.165) is 25.0 Å². The molecule has 1 aliphatic heterocycles. The third-order valence-electron chi connectivity index (χ3n) is 4.58. The van der Waals surface area contributed by atoms with Crippen molar-refractivity contribution in [3.05, 3.63) is 24.0 Å². The quantitative estimate of drug-likeness (QED) is 0.622. The number of piperidine rings is 1. The van der Waals surface area contributed by atoms with Crippen molar-refractivity contribution in [3.63, 3.8) is 0 Å². The second-order valence-corrected chi connectivity index (χ2v) is 6.20. The monoisotopic (exact) mass is 305 g/mol. The van der Waals surface area contributed by atoms with Gasteiger partial charge < -0.3 is 20.1 Å². The summed E-state index contributed by atoms with van der Waals surface area (Å²) >= 11 is 0. The molecule has 1 aromatic heterocycles. The van der Waals surface area contributed by atoms with E-state index in [4.69, 9.17) is 0 Å². The van der Waals surface area contributed by atoms with Crippen LogP contribution in [0.1, 0.15) is 31.7 Å². The van der Waals surface area contributed by atoms with Gasteiger partial charge in [-0.05, 0) is 56.4 Å². The highest BCUT2D eigenvalue weighted by Gasteiger charge is 2.17. The van der Waals surface area contributed by atoms with Gasteiger partial charge in [-0.25, -0.2) is 0 Å². The molecule has 0 spiro atoms. The Labute approximate surface area is 134 Å². The van der Waals surface area contributed by atoms with Gasteiger partial charge in [0.1, 0.15) is 0 Å². The lowest BCUT2D eigenvalue weighted by Crippen LogP contribution is -2.39. The van der Waals surface area contributed by atoms with E-state index in [9.17, 15) is 0 Å². The van der Waals surface area contributed by atoms with Gasteiger partial charge in [-0.1, -0.05) is 6.92 Å². The van der Waals surface area contributed by atoms with E-state index in [1.807, 2.05) is 14.1 Å². The summed E-state index contributed by atoms with van der Waals surface area (Å²) in [5.41, 5.74) is 1.28. The number of nitrogens with zero attached hydrogens (tertiary/aromatic N) is 3. The van der Waals surface area contributed by atoms with Crippen LogP contribution in [0.25, 0.3) is 0 Å². The first-order valence-electron chi connectivity index (χ1n) is 8.49. The first-order valence-corrected chi connectivity index (χ1v) is 8.49. The van der Waals surface area contributed by atoms with Crippen molar-refractivity contribution in [2.45, 2.75) is 32.7 Å². The van der Waals surface area contributed by atoms with Gasteiger partial charge in [0.05, 0.1) is 0 Å². The van der Waals surface area contributed by atoms with Crippen LogP contribution in [0.2, 0.25) is 0 Å². The first-order chi connectivity index (χ1) is 10.7. The maximum Gasteiger partial charge on any atom is 0.191 e. The van der Waals surface area contributed by atoms with Gasteiger partial charge in [-0.2, -0.15) is 0 Å². The Morgan fingerprint density at radius 3 is 2.68 bits per heavy atom. The molecule has 0 aliphatic carbocycles. The predicted octanol–water partition coefficient (Wildman–Crippen LogP) is 1.81. The molecule has 0 aromatic carbocycles. The third-order valence-corrected chi connectivity index (χ3v) is 4.58. The highest BCUT2D eigenvalue weighted by Crippen LogP contribution is 2.19. The molecule has 1 aliphatic rings. The predicted molar refractivity (Wildman–Crippen MR) is 93.1 cm³/mol. The highest BCUT2D eigenvalue weighted by atomic mass is 15.2. The number of aryl methyl sites for hydroxylation is 1. The van der Waals surface area contributed by atoms with Crippen LogP contribution in [0.15, 0.2) is 23.5 Å². The molecular weight excluding hydrogens is 274 g/mol. The molecule has 5 heteroatoms. The summed E-state index contributed by atoms with van der Waals surface area (Å²) in [5, 5.41) is 6.81. The SMILES string of the molecule is CCN1CCC(CCNC(=NC)NCc2ccn(C)c2)CC1. The Hall–Kier alpha value is -1.49. The molecule has 1 fully saturated rings. The molecule has 2 rings (SSSR count). The molecule has 0 atom stereocenters. The summed E-state index contributed by atoms with van der Waals surface area (Å²) in [6.07, 6.45) is 8.11. The fourth-order valence-electron chi connectivity index (χ4n) is 3.06. The Balaban J connectivity index is 1.62.